The number of ether oxygens (including phenoxy) is 1. The summed E-state index contributed by atoms with van der Waals surface area (Å²) in [6, 6.07) is 13.9. The minimum atomic E-state index is -1.01. The Labute approximate surface area is 177 Å². The number of carbonyl (C=O) groups excluding carboxylic acids is 1. The molecule has 0 aliphatic rings. The minimum Gasteiger partial charge on any atom is -0.495 e. The number of nitrogens with two attached hydrogens (primary N) is 1. The highest BCUT2D eigenvalue weighted by Gasteiger charge is 2.22. The Kier molecular flexibility index (Phi) is 4.82. The van der Waals surface area contributed by atoms with E-state index in [1.54, 1.807) is 62.4 Å². The second kappa shape index (κ2) is 7.37. The van der Waals surface area contributed by atoms with Crippen LogP contribution in [0, 0.1) is 0 Å². The molecule has 4 aromatic rings. The van der Waals surface area contributed by atoms with Crippen molar-refractivity contribution in [3.05, 3.63) is 70.3 Å². The van der Waals surface area contributed by atoms with Crippen LogP contribution in [-0.4, -0.2) is 37.6 Å². The zero-order valence-corrected chi connectivity index (χ0v) is 17.2. The average Bonchev–Trinajstić information content (AvgIpc) is 3.07. The molecule has 0 aliphatic carbocycles. The summed E-state index contributed by atoms with van der Waals surface area (Å²) in [6.45, 7) is 3.36. The Hall–Kier alpha value is -3.98. The molecule has 2 aromatic carbocycles. The van der Waals surface area contributed by atoms with E-state index >= 15 is 0 Å². The van der Waals surface area contributed by atoms with Crippen LogP contribution in [0.15, 0.2) is 53.3 Å². The maximum absolute atomic E-state index is 12.8. The number of benzene rings is 2. The number of primary amides is 1. The summed E-state index contributed by atoms with van der Waals surface area (Å²) in [5.74, 6) is -0.123. The number of imidazole rings is 1. The van der Waals surface area contributed by atoms with E-state index in [-0.39, 0.29) is 22.7 Å². The molecular weight excluding hydrogens is 398 g/mol. The van der Waals surface area contributed by atoms with E-state index in [9.17, 15) is 14.7 Å². The first-order chi connectivity index (χ1) is 14.7. The molecule has 0 saturated carbocycles. The van der Waals surface area contributed by atoms with Crippen molar-refractivity contribution in [2.24, 2.45) is 5.73 Å². The summed E-state index contributed by atoms with van der Waals surface area (Å²) >= 11 is 0. The van der Waals surface area contributed by atoms with Crippen molar-refractivity contribution in [1.29, 1.82) is 0 Å². The van der Waals surface area contributed by atoms with Gasteiger partial charge < -0.3 is 20.6 Å². The van der Waals surface area contributed by atoms with Gasteiger partial charge in [-0.3, -0.25) is 4.79 Å². The number of nitrogens with one attached hydrogen (secondary N) is 1. The first-order valence-electron chi connectivity index (χ1n) is 9.50. The summed E-state index contributed by atoms with van der Waals surface area (Å²) < 4.78 is 6.69. The largest absolute Gasteiger partial charge is 0.495 e. The number of methoxy groups -OCH3 is 1. The number of carbonyl (C=O) groups is 1. The second-order valence-electron chi connectivity index (χ2n) is 7.53. The molecule has 0 spiro atoms. The fourth-order valence-electron chi connectivity index (χ4n) is 3.36. The number of aromatic amines is 1. The summed E-state index contributed by atoms with van der Waals surface area (Å²) in [5, 5.41) is 10.2. The van der Waals surface area contributed by atoms with Gasteiger partial charge in [-0.1, -0.05) is 36.4 Å². The van der Waals surface area contributed by atoms with E-state index in [0.717, 1.165) is 0 Å². The molecule has 0 fully saturated rings. The van der Waals surface area contributed by atoms with Gasteiger partial charge in [0.2, 0.25) is 0 Å². The molecule has 9 nitrogen and oxygen atoms in total. The molecule has 0 unspecified atom stereocenters. The van der Waals surface area contributed by atoms with E-state index in [1.165, 1.54) is 11.7 Å². The van der Waals surface area contributed by atoms with Crippen molar-refractivity contribution < 1.29 is 14.6 Å². The van der Waals surface area contributed by atoms with Gasteiger partial charge in [-0.15, -0.1) is 0 Å². The Morgan fingerprint density at radius 2 is 1.81 bits per heavy atom. The Balaban J connectivity index is 1.99. The molecule has 31 heavy (non-hydrogen) atoms. The molecule has 4 rings (SSSR count). The van der Waals surface area contributed by atoms with Crippen LogP contribution in [0.4, 0.5) is 0 Å². The minimum absolute atomic E-state index is 0.0997. The lowest BCUT2D eigenvalue weighted by Crippen LogP contribution is -2.16. The third-order valence-corrected chi connectivity index (χ3v) is 4.95. The van der Waals surface area contributed by atoms with Crippen LogP contribution in [0.2, 0.25) is 0 Å². The van der Waals surface area contributed by atoms with Crippen molar-refractivity contribution in [1.82, 2.24) is 19.5 Å². The van der Waals surface area contributed by atoms with Gasteiger partial charge in [0.15, 0.2) is 17.2 Å². The van der Waals surface area contributed by atoms with Gasteiger partial charge >= 0.3 is 5.69 Å². The first-order valence-corrected chi connectivity index (χ1v) is 9.50. The first kappa shape index (κ1) is 20.3. The fourth-order valence-corrected chi connectivity index (χ4v) is 3.36. The van der Waals surface area contributed by atoms with Crippen LogP contribution in [-0.2, 0) is 5.60 Å². The lowest BCUT2D eigenvalue weighted by atomic mass is 9.97. The second-order valence-corrected chi connectivity index (χ2v) is 7.53. The standard InChI is InChI=1S/C22H21N5O4/c1-22(2,30)13-10-8-12(9-11-13)19-24-16(18(23)28)17-20(26-19)27(21(29)25-17)14-6-4-5-7-15(14)31-3/h4-11,30H,1-3H3,(H2,23,28)(H,25,29). The van der Waals surface area contributed by atoms with Crippen molar-refractivity contribution in [2.75, 3.05) is 7.11 Å². The third-order valence-electron chi connectivity index (χ3n) is 4.95. The van der Waals surface area contributed by atoms with Crippen LogP contribution >= 0.6 is 0 Å². The van der Waals surface area contributed by atoms with Gasteiger partial charge in [0.25, 0.3) is 5.91 Å². The molecule has 0 radical (unpaired) electrons. The third kappa shape index (κ3) is 3.55. The van der Waals surface area contributed by atoms with Gasteiger partial charge in [0, 0.05) is 5.56 Å². The molecule has 2 heterocycles. The number of amides is 1. The van der Waals surface area contributed by atoms with E-state index in [0.29, 0.717) is 22.6 Å². The highest BCUT2D eigenvalue weighted by Crippen LogP contribution is 2.27. The van der Waals surface area contributed by atoms with Crippen LogP contribution in [0.3, 0.4) is 0 Å². The quantitative estimate of drug-likeness (QED) is 0.453. The molecule has 0 saturated heterocycles. The number of rotatable bonds is 5. The molecule has 0 aliphatic heterocycles. The topological polar surface area (TPSA) is 136 Å². The highest BCUT2D eigenvalue weighted by atomic mass is 16.5. The number of aromatic nitrogens is 4. The van der Waals surface area contributed by atoms with Crippen molar-refractivity contribution in [3.63, 3.8) is 0 Å². The highest BCUT2D eigenvalue weighted by molar-refractivity contribution is 6.02. The maximum Gasteiger partial charge on any atom is 0.332 e. The van der Waals surface area contributed by atoms with Crippen molar-refractivity contribution in [3.8, 4) is 22.8 Å². The lowest BCUT2D eigenvalue weighted by molar-refractivity contribution is 0.0786. The fraction of sp³-hybridized carbons (Fsp3) is 0.182. The predicted octanol–water partition coefficient (Wildman–Crippen LogP) is 2.11. The summed E-state index contributed by atoms with van der Waals surface area (Å²) in [5.41, 5.74) is 6.02. The summed E-state index contributed by atoms with van der Waals surface area (Å²) in [6.07, 6.45) is 0. The van der Waals surface area contributed by atoms with Crippen molar-refractivity contribution >= 4 is 17.1 Å². The average molecular weight is 419 g/mol. The van der Waals surface area contributed by atoms with E-state index < -0.39 is 17.2 Å². The lowest BCUT2D eigenvalue weighted by Gasteiger charge is -2.17. The number of nitrogens with zero attached hydrogens (tertiary/aromatic N) is 3. The Bertz CT molecular complexity index is 1350. The zero-order valence-electron chi connectivity index (χ0n) is 17.2. The SMILES string of the molecule is COc1ccccc1-n1c(=O)[nH]c2c(C(N)=O)nc(-c3ccc(C(C)(C)O)cc3)nc21. The summed E-state index contributed by atoms with van der Waals surface area (Å²) in [7, 11) is 1.50. The number of para-hydroxylation sites is 2. The van der Waals surface area contributed by atoms with E-state index in [2.05, 4.69) is 15.0 Å². The normalized spacial score (nSPS) is 11.6. The smallest absolute Gasteiger partial charge is 0.332 e. The number of hydrogen-bond donors (Lipinski definition) is 3. The van der Waals surface area contributed by atoms with E-state index in [4.69, 9.17) is 10.5 Å². The Morgan fingerprint density at radius 1 is 1.13 bits per heavy atom. The Morgan fingerprint density at radius 3 is 2.42 bits per heavy atom. The van der Waals surface area contributed by atoms with Crippen LogP contribution in [0.1, 0.15) is 29.9 Å². The maximum atomic E-state index is 12.8. The van der Waals surface area contributed by atoms with Crippen LogP contribution in [0.25, 0.3) is 28.2 Å². The molecule has 4 N–H and O–H groups in total. The molecule has 2 aromatic heterocycles. The molecule has 0 atom stereocenters. The number of aliphatic hydroxyl groups is 1. The zero-order chi connectivity index (χ0) is 22.3. The van der Waals surface area contributed by atoms with Gasteiger partial charge in [-0.2, -0.15) is 0 Å². The van der Waals surface area contributed by atoms with E-state index in [1.807, 2.05) is 0 Å². The van der Waals surface area contributed by atoms with Gasteiger partial charge in [0.1, 0.15) is 11.3 Å². The predicted molar refractivity (Wildman–Crippen MR) is 115 cm³/mol. The summed E-state index contributed by atoms with van der Waals surface area (Å²) in [4.78, 5) is 36.4. The number of fused-ring (bicyclic) bond motifs is 1. The number of H-pyrrole nitrogens is 1. The molecular formula is C22H21N5O4. The van der Waals surface area contributed by atoms with Gasteiger partial charge in [-0.25, -0.2) is 19.3 Å². The van der Waals surface area contributed by atoms with Crippen LogP contribution < -0.4 is 16.2 Å². The van der Waals surface area contributed by atoms with Crippen molar-refractivity contribution in [2.45, 2.75) is 19.4 Å². The van der Waals surface area contributed by atoms with Gasteiger partial charge in [0.05, 0.1) is 18.4 Å². The molecule has 158 valence electrons. The molecule has 0 bridgehead atoms. The number of hydrogen-bond acceptors (Lipinski definition) is 6. The monoisotopic (exact) mass is 419 g/mol. The van der Waals surface area contributed by atoms with Crippen LogP contribution in [0.5, 0.6) is 5.75 Å². The van der Waals surface area contributed by atoms with Gasteiger partial charge in [-0.05, 0) is 31.5 Å². The molecule has 1 amide bonds. The molecule has 9 heteroatoms.